The monoisotopic (exact) mass is 314 g/mol. The van der Waals surface area contributed by atoms with Crippen LogP contribution >= 0.6 is 15.9 Å². The maximum Gasteiger partial charge on any atom is 0.339 e. The number of nitrogens with one attached hydrogen (secondary N) is 1. The SMILES string of the molecule is C=CCCOCCNc1ncc(Br)cc1C(=O)O. The first kappa shape index (κ1) is 14.7. The number of carbonyl (C=O) groups is 1. The molecule has 0 bridgehead atoms. The molecule has 0 aromatic carbocycles. The van der Waals surface area contributed by atoms with Gasteiger partial charge in [0.2, 0.25) is 0 Å². The van der Waals surface area contributed by atoms with Crippen molar-refractivity contribution in [2.24, 2.45) is 0 Å². The third-order valence-electron chi connectivity index (χ3n) is 2.09. The van der Waals surface area contributed by atoms with Gasteiger partial charge in [0.25, 0.3) is 0 Å². The molecule has 0 aliphatic heterocycles. The van der Waals surface area contributed by atoms with Crippen LogP contribution in [0.4, 0.5) is 5.82 Å². The standard InChI is InChI=1S/C12H15BrN2O3/c1-2-3-5-18-6-4-14-11-10(12(16)17)7-9(13)8-15-11/h2,7-8H,1,3-6H2,(H,14,15)(H,16,17). The summed E-state index contributed by atoms with van der Waals surface area (Å²) in [7, 11) is 0. The molecule has 18 heavy (non-hydrogen) atoms. The van der Waals surface area contributed by atoms with Crippen LogP contribution in [0.1, 0.15) is 16.8 Å². The Kier molecular flexibility index (Phi) is 6.38. The molecule has 1 aromatic rings. The number of anilines is 1. The minimum atomic E-state index is -1.01. The molecule has 0 amide bonds. The highest BCUT2D eigenvalue weighted by Crippen LogP contribution is 2.17. The van der Waals surface area contributed by atoms with Gasteiger partial charge < -0.3 is 15.2 Å². The van der Waals surface area contributed by atoms with Crippen LogP contribution in [0.5, 0.6) is 0 Å². The van der Waals surface area contributed by atoms with Gasteiger partial charge in [0.1, 0.15) is 11.4 Å². The Morgan fingerprint density at radius 1 is 1.61 bits per heavy atom. The molecule has 1 heterocycles. The van der Waals surface area contributed by atoms with E-state index in [1.807, 2.05) is 0 Å². The lowest BCUT2D eigenvalue weighted by Crippen LogP contribution is -2.14. The van der Waals surface area contributed by atoms with Crippen molar-refractivity contribution < 1.29 is 14.6 Å². The van der Waals surface area contributed by atoms with E-state index >= 15 is 0 Å². The lowest BCUT2D eigenvalue weighted by atomic mass is 10.2. The molecule has 6 heteroatoms. The number of pyridine rings is 1. The Balaban J connectivity index is 2.46. The fourth-order valence-electron chi connectivity index (χ4n) is 1.25. The van der Waals surface area contributed by atoms with E-state index in [1.165, 1.54) is 6.07 Å². The lowest BCUT2D eigenvalue weighted by molar-refractivity contribution is 0.0697. The number of rotatable bonds is 8. The number of hydrogen-bond donors (Lipinski definition) is 2. The van der Waals surface area contributed by atoms with Crippen LogP contribution in [0, 0.1) is 0 Å². The molecule has 0 unspecified atom stereocenters. The topological polar surface area (TPSA) is 71.5 Å². The zero-order valence-electron chi connectivity index (χ0n) is 9.86. The smallest absolute Gasteiger partial charge is 0.339 e. The Morgan fingerprint density at radius 3 is 3.06 bits per heavy atom. The van der Waals surface area contributed by atoms with Crippen molar-refractivity contribution in [1.82, 2.24) is 4.98 Å². The molecule has 1 aromatic heterocycles. The Morgan fingerprint density at radius 2 is 2.39 bits per heavy atom. The molecule has 98 valence electrons. The minimum Gasteiger partial charge on any atom is -0.478 e. The Labute approximate surface area is 114 Å². The van der Waals surface area contributed by atoms with Crippen LogP contribution in [0.25, 0.3) is 0 Å². The first-order valence-corrected chi connectivity index (χ1v) is 6.25. The predicted molar refractivity (Wildman–Crippen MR) is 73.0 cm³/mol. The van der Waals surface area contributed by atoms with Crippen molar-refractivity contribution in [3.8, 4) is 0 Å². The zero-order chi connectivity index (χ0) is 13.4. The molecular formula is C12H15BrN2O3. The van der Waals surface area contributed by atoms with Crippen molar-refractivity contribution in [2.45, 2.75) is 6.42 Å². The molecule has 0 aliphatic rings. The fourth-order valence-corrected chi connectivity index (χ4v) is 1.58. The number of halogens is 1. The normalized spacial score (nSPS) is 10.1. The van der Waals surface area contributed by atoms with E-state index in [1.54, 1.807) is 12.3 Å². The summed E-state index contributed by atoms with van der Waals surface area (Å²) in [5, 5.41) is 12.0. The predicted octanol–water partition coefficient (Wildman–Crippen LogP) is 2.55. The number of nitrogens with zero attached hydrogens (tertiary/aromatic N) is 1. The molecular weight excluding hydrogens is 300 g/mol. The van der Waals surface area contributed by atoms with Gasteiger partial charge in [0, 0.05) is 17.2 Å². The average molecular weight is 315 g/mol. The van der Waals surface area contributed by atoms with Gasteiger partial charge in [-0.1, -0.05) is 6.08 Å². The molecule has 0 saturated carbocycles. The van der Waals surface area contributed by atoms with Gasteiger partial charge in [-0.25, -0.2) is 9.78 Å². The molecule has 2 N–H and O–H groups in total. The highest BCUT2D eigenvalue weighted by molar-refractivity contribution is 9.10. The summed E-state index contributed by atoms with van der Waals surface area (Å²) in [5.41, 5.74) is 0.135. The van der Waals surface area contributed by atoms with Gasteiger partial charge in [-0.05, 0) is 28.4 Å². The van der Waals surface area contributed by atoms with Gasteiger partial charge in [-0.3, -0.25) is 0 Å². The van der Waals surface area contributed by atoms with Gasteiger partial charge in [-0.2, -0.15) is 0 Å². The van der Waals surface area contributed by atoms with Gasteiger partial charge in [-0.15, -0.1) is 6.58 Å². The summed E-state index contributed by atoms with van der Waals surface area (Å²) in [5.74, 6) is -0.670. The van der Waals surface area contributed by atoms with E-state index < -0.39 is 5.97 Å². The number of ether oxygens (including phenoxy) is 1. The first-order chi connectivity index (χ1) is 8.65. The Bertz CT molecular complexity index is 424. The third-order valence-corrected chi connectivity index (χ3v) is 2.52. The molecule has 5 nitrogen and oxygen atoms in total. The highest BCUT2D eigenvalue weighted by atomic mass is 79.9. The number of hydrogen-bond acceptors (Lipinski definition) is 4. The molecule has 0 radical (unpaired) electrons. The first-order valence-electron chi connectivity index (χ1n) is 5.46. The number of aromatic carboxylic acids is 1. The second kappa shape index (κ2) is 7.84. The van der Waals surface area contributed by atoms with Crippen molar-refractivity contribution in [2.75, 3.05) is 25.1 Å². The van der Waals surface area contributed by atoms with Crippen LogP contribution in [-0.4, -0.2) is 35.8 Å². The Hall–Kier alpha value is -1.40. The number of aromatic nitrogens is 1. The second-order valence-corrected chi connectivity index (χ2v) is 4.39. The molecule has 1 rings (SSSR count). The largest absolute Gasteiger partial charge is 0.478 e. The van der Waals surface area contributed by atoms with Crippen LogP contribution in [0.2, 0.25) is 0 Å². The summed E-state index contributed by atoms with van der Waals surface area (Å²) in [6.07, 6.45) is 4.14. The maximum atomic E-state index is 11.0. The van der Waals surface area contributed by atoms with E-state index in [9.17, 15) is 4.79 Å². The highest BCUT2D eigenvalue weighted by Gasteiger charge is 2.11. The van der Waals surface area contributed by atoms with Crippen LogP contribution in [0.3, 0.4) is 0 Å². The van der Waals surface area contributed by atoms with E-state index in [4.69, 9.17) is 9.84 Å². The van der Waals surface area contributed by atoms with Crippen LogP contribution in [-0.2, 0) is 4.74 Å². The van der Waals surface area contributed by atoms with Gasteiger partial charge in [0.15, 0.2) is 0 Å². The summed E-state index contributed by atoms with van der Waals surface area (Å²) in [6.45, 7) is 5.20. The van der Waals surface area contributed by atoms with Crippen molar-refractivity contribution in [1.29, 1.82) is 0 Å². The lowest BCUT2D eigenvalue weighted by Gasteiger charge is -2.09. The molecule has 0 atom stereocenters. The maximum absolute atomic E-state index is 11.0. The van der Waals surface area contributed by atoms with E-state index in [0.717, 1.165) is 6.42 Å². The quantitative estimate of drug-likeness (QED) is 0.570. The summed E-state index contributed by atoms with van der Waals surface area (Å²) < 4.78 is 5.93. The summed E-state index contributed by atoms with van der Waals surface area (Å²) in [4.78, 5) is 15.0. The molecule has 0 aliphatic carbocycles. The molecule has 0 fully saturated rings. The summed E-state index contributed by atoms with van der Waals surface area (Å²) >= 11 is 3.19. The van der Waals surface area contributed by atoms with Crippen LogP contribution in [0.15, 0.2) is 29.4 Å². The average Bonchev–Trinajstić information content (AvgIpc) is 2.35. The fraction of sp³-hybridized carbons (Fsp3) is 0.333. The second-order valence-electron chi connectivity index (χ2n) is 3.47. The van der Waals surface area contributed by atoms with Gasteiger partial charge in [0.05, 0.1) is 13.2 Å². The van der Waals surface area contributed by atoms with E-state index in [0.29, 0.717) is 30.0 Å². The summed E-state index contributed by atoms with van der Waals surface area (Å²) in [6, 6.07) is 1.51. The number of carboxylic acid groups (broad SMARTS) is 1. The number of carboxylic acids is 1. The van der Waals surface area contributed by atoms with E-state index in [-0.39, 0.29) is 5.56 Å². The third kappa shape index (κ3) is 4.85. The van der Waals surface area contributed by atoms with E-state index in [2.05, 4.69) is 32.8 Å². The van der Waals surface area contributed by atoms with Crippen molar-refractivity contribution >= 4 is 27.7 Å². The zero-order valence-corrected chi connectivity index (χ0v) is 11.4. The molecule has 0 saturated heterocycles. The van der Waals surface area contributed by atoms with Crippen molar-refractivity contribution in [3.63, 3.8) is 0 Å². The minimum absolute atomic E-state index is 0.135. The molecule has 0 spiro atoms. The van der Waals surface area contributed by atoms with Crippen LogP contribution < -0.4 is 5.32 Å². The van der Waals surface area contributed by atoms with Crippen molar-refractivity contribution in [3.05, 3.63) is 35.0 Å². The van der Waals surface area contributed by atoms with Gasteiger partial charge >= 0.3 is 5.97 Å².